The van der Waals surface area contributed by atoms with Gasteiger partial charge in [-0.25, -0.2) is 0 Å². The van der Waals surface area contributed by atoms with E-state index in [0.717, 1.165) is 23.8 Å². The smallest absolute Gasteiger partial charge is 0.312 e. The Morgan fingerprint density at radius 1 is 1.40 bits per heavy atom. The molecule has 1 heterocycles. The van der Waals surface area contributed by atoms with Gasteiger partial charge in [0.25, 0.3) is 0 Å². The van der Waals surface area contributed by atoms with E-state index >= 15 is 0 Å². The molecule has 1 fully saturated rings. The van der Waals surface area contributed by atoms with Gasteiger partial charge in [0.15, 0.2) is 0 Å². The summed E-state index contributed by atoms with van der Waals surface area (Å²) in [5.74, 6) is -0.106. The Balaban J connectivity index is 1.94. The van der Waals surface area contributed by atoms with Crippen LogP contribution in [0.25, 0.3) is 0 Å². The Kier molecular flexibility index (Phi) is 2.82. The average Bonchev–Trinajstić information content (AvgIpc) is 2.18. The summed E-state index contributed by atoms with van der Waals surface area (Å²) >= 11 is 5.79. The number of hydrogen-bond acceptors (Lipinski definition) is 3. The van der Waals surface area contributed by atoms with Crippen LogP contribution in [0.1, 0.15) is 0 Å². The molecule has 80 valence electrons. The van der Waals surface area contributed by atoms with Crippen molar-refractivity contribution in [2.45, 2.75) is 0 Å². The molecule has 3 nitrogen and oxygen atoms in total. The van der Waals surface area contributed by atoms with E-state index in [1.54, 1.807) is 0 Å². The molecule has 0 atom stereocenters. The first-order valence-electron chi connectivity index (χ1n) is 4.79. The highest BCUT2D eigenvalue weighted by Crippen LogP contribution is 2.26. The number of nitrogens with zero attached hydrogens (tertiary/aromatic N) is 1. The van der Waals surface area contributed by atoms with Crippen molar-refractivity contribution in [2.75, 3.05) is 25.1 Å². The molecule has 1 aromatic rings. The number of methoxy groups -OCH3 is 1. The molecule has 1 aliphatic rings. The topological polar surface area (TPSA) is 29.5 Å². The van der Waals surface area contributed by atoms with E-state index in [1.165, 1.54) is 7.11 Å². The first kappa shape index (κ1) is 10.3. The number of halogens is 1. The largest absolute Gasteiger partial charge is 0.469 e. The lowest BCUT2D eigenvalue weighted by molar-refractivity contribution is -0.146. The van der Waals surface area contributed by atoms with Crippen molar-refractivity contribution in [2.24, 2.45) is 5.92 Å². The summed E-state index contributed by atoms with van der Waals surface area (Å²) < 4.78 is 4.67. The lowest BCUT2D eigenvalue weighted by atomic mass is 9.99. The van der Waals surface area contributed by atoms with Crippen molar-refractivity contribution >= 4 is 23.3 Å². The van der Waals surface area contributed by atoms with Gasteiger partial charge in [0.2, 0.25) is 0 Å². The molecule has 1 aliphatic heterocycles. The number of anilines is 1. The number of carbonyl (C=O) groups excluding carboxylic acids is 1. The van der Waals surface area contributed by atoms with Crippen molar-refractivity contribution < 1.29 is 9.53 Å². The maximum Gasteiger partial charge on any atom is 0.312 e. The number of carbonyl (C=O) groups is 1. The second-order valence-corrected chi connectivity index (χ2v) is 4.04. The second kappa shape index (κ2) is 4.11. The Labute approximate surface area is 93.6 Å². The van der Waals surface area contributed by atoms with E-state index in [1.807, 2.05) is 24.3 Å². The second-order valence-electron chi connectivity index (χ2n) is 3.60. The highest BCUT2D eigenvalue weighted by molar-refractivity contribution is 6.30. The van der Waals surface area contributed by atoms with Crippen molar-refractivity contribution in [3.8, 4) is 0 Å². The fourth-order valence-electron chi connectivity index (χ4n) is 1.66. The first-order valence-corrected chi connectivity index (χ1v) is 5.17. The molecular formula is C11H12ClNO2. The summed E-state index contributed by atoms with van der Waals surface area (Å²) in [5, 5.41) is 0.726. The maximum absolute atomic E-state index is 11.2. The van der Waals surface area contributed by atoms with E-state index in [2.05, 4.69) is 9.64 Å². The van der Waals surface area contributed by atoms with Gasteiger partial charge in [0, 0.05) is 23.8 Å². The van der Waals surface area contributed by atoms with Crippen LogP contribution < -0.4 is 4.90 Å². The monoisotopic (exact) mass is 225 g/mol. The van der Waals surface area contributed by atoms with Crippen molar-refractivity contribution in [3.05, 3.63) is 29.3 Å². The molecule has 0 bridgehead atoms. The summed E-state index contributed by atoms with van der Waals surface area (Å²) in [6.07, 6.45) is 0. The van der Waals surface area contributed by atoms with Crippen LogP contribution in [0, 0.1) is 5.92 Å². The third-order valence-electron chi connectivity index (χ3n) is 2.61. The highest BCUT2D eigenvalue weighted by atomic mass is 35.5. The molecule has 0 amide bonds. The van der Waals surface area contributed by atoms with Gasteiger partial charge in [0.1, 0.15) is 0 Å². The van der Waals surface area contributed by atoms with Crippen LogP contribution in [0.15, 0.2) is 24.3 Å². The maximum atomic E-state index is 11.2. The molecule has 2 rings (SSSR count). The molecular weight excluding hydrogens is 214 g/mol. The zero-order valence-electron chi connectivity index (χ0n) is 8.44. The minimum atomic E-state index is -0.125. The third-order valence-corrected chi connectivity index (χ3v) is 2.86. The Morgan fingerprint density at radius 2 is 2.00 bits per heavy atom. The van der Waals surface area contributed by atoms with Gasteiger partial charge in [-0.2, -0.15) is 0 Å². The average molecular weight is 226 g/mol. The molecule has 0 radical (unpaired) electrons. The van der Waals surface area contributed by atoms with Gasteiger partial charge in [-0.15, -0.1) is 0 Å². The zero-order chi connectivity index (χ0) is 10.8. The van der Waals surface area contributed by atoms with Crippen LogP contribution >= 0.6 is 11.6 Å². The number of esters is 1. The highest BCUT2D eigenvalue weighted by Gasteiger charge is 2.33. The number of hydrogen-bond donors (Lipinski definition) is 0. The summed E-state index contributed by atoms with van der Waals surface area (Å²) in [6, 6.07) is 7.61. The molecule has 0 saturated carbocycles. The Hall–Kier alpha value is -1.22. The van der Waals surface area contributed by atoms with Gasteiger partial charge in [-0.1, -0.05) is 11.6 Å². The van der Waals surface area contributed by atoms with E-state index < -0.39 is 0 Å². The normalized spacial score (nSPS) is 16.0. The Morgan fingerprint density at radius 3 is 2.53 bits per heavy atom. The van der Waals surface area contributed by atoms with Gasteiger partial charge >= 0.3 is 5.97 Å². The summed E-state index contributed by atoms with van der Waals surface area (Å²) in [6.45, 7) is 1.46. The van der Waals surface area contributed by atoms with Crippen LogP contribution in [0.5, 0.6) is 0 Å². The summed E-state index contributed by atoms with van der Waals surface area (Å²) in [7, 11) is 1.42. The molecule has 1 aromatic carbocycles. The number of ether oxygens (including phenoxy) is 1. The van der Waals surface area contributed by atoms with E-state index in [9.17, 15) is 4.79 Å². The van der Waals surface area contributed by atoms with Gasteiger partial charge in [0.05, 0.1) is 13.0 Å². The van der Waals surface area contributed by atoms with E-state index in [4.69, 9.17) is 11.6 Å². The fraction of sp³-hybridized carbons (Fsp3) is 0.364. The van der Waals surface area contributed by atoms with Crippen molar-refractivity contribution in [3.63, 3.8) is 0 Å². The van der Waals surface area contributed by atoms with Crippen LogP contribution in [0.2, 0.25) is 5.02 Å². The minimum Gasteiger partial charge on any atom is -0.469 e. The number of rotatable bonds is 2. The number of benzene rings is 1. The Bertz CT molecular complexity index is 357. The van der Waals surface area contributed by atoms with Gasteiger partial charge in [-0.3, -0.25) is 4.79 Å². The minimum absolute atomic E-state index is 0.0191. The van der Waals surface area contributed by atoms with Crippen LogP contribution in [-0.2, 0) is 9.53 Å². The quantitative estimate of drug-likeness (QED) is 0.721. The molecule has 0 aliphatic carbocycles. The summed E-state index contributed by atoms with van der Waals surface area (Å²) in [4.78, 5) is 13.3. The van der Waals surface area contributed by atoms with Gasteiger partial charge < -0.3 is 9.64 Å². The first-order chi connectivity index (χ1) is 7.20. The molecule has 0 unspecified atom stereocenters. The fourth-order valence-corrected chi connectivity index (χ4v) is 1.78. The van der Waals surface area contributed by atoms with Crippen LogP contribution in [0.3, 0.4) is 0 Å². The lowest BCUT2D eigenvalue weighted by Gasteiger charge is -2.39. The molecule has 15 heavy (non-hydrogen) atoms. The van der Waals surface area contributed by atoms with Crippen molar-refractivity contribution in [1.82, 2.24) is 0 Å². The van der Waals surface area contributed by atoms with Crippen LogP contribution in [-0.4, -0.2) is 26.2 Å². The van der Waals surface area contributed by atoms with E-state index in [-0.39, 0.29) is 11.9 Å². The standard InChI is InChI=1S/C11H12ClNO2/c1-15-11(14)8-6-13(7-8)10-4-2-9(12)3-5-10/h2-5,8H,6-7H2,1H3. The van der Waals surface area contributed by atoms with Gasteiger partial charge in [-0.05, 0) is 24.3 Å². The molecule has 0 aromatic heterocycles. The SMILES string of the molecule is COC(=O)C1CN(c2ccc(Cl)cc2)C1. The molecule has 1 saturated heterocycles. The zero-order valence-corrected chi connectivity index (χ0v) is 9.20. The molecule has 0 N–H and O–H groups in total. The van der Waals surface area contributed by atoms with Crippen LogP contribution in [0.4, 0.5) is 5.69 Å². The predicted molar refractivity (Wildman–Crippen MR) is 59.2 cm³/mol. The molecule has 4 heteroatoms. The summed E-state index contributed by atoms with van der Waals surface area (Å²) in [5.41, 5.74) is 1.10. The predicted octanol–water partition coefficient (Wildman–Crippen LogP) is 1.95. The third kappa shape index (κ3) is 2.07. The van der Waals surface area contributed by atoms with Crippen molar-refractivity contribution in [1.29, 1.82) is 0 Å². The lowest BCUT2D eigenvalue weighted by Crippen LogP contribution is -2.50. The molecule has 0 spiro atoms. The van der Waals surface area contributed by atoms with E-state index in [0.29, 0.717) is 0 Å².